The van der Waals surface area contributed by atoms with Crippen LogP contribution in [0.3, 0.4) is 0 Å². The van der Waals surface area contributed by atoms with Gasteiger partial charge >= 0.3 is 0 Å². The molecule has 2 N–H and O–H groups in total. The Kier molecular flexibility index (Phi) is 9.82. The zero-order chi connectivity index (χ0) is 5.70. The highest BCUT2D eigenvalue weighted by molar-refractivity contribution is 7.80. The van der Waals surface area contributed by atoms with E-state index in [9.17, 15) is 0 Å². The van der Waals surface area contributed by atoms with E-state index in [1.165, 1.54) is 0 Å². The third-order valence-electron chi connectivity index (χ3n) is 0.423. The van der Waals surface area contributed by atoms with E-state index in [2.05, 4.69) is 12.2 Å². The molecule has 0 spiro atoms. The monoisotopic (exact) mass is 155 g/mol. The molecule has 0 amide bonds. The Hall–Kier alpha value is 0.140. The van der Waals surface area contributed by atoms with Crippen LogP contribution in [0.15, 0.2) is 0 Å². The van der Waals surface area contributed by atoms with Crippen LogP contribution in [-0.4, -0.2) is 18.2 Å². The summed E-state index contributed by atoms with van der Waals surface area (Å²) in [5.74, 6) is 0. The van der Waals surface area contributed by atoms with Crippen molar-refractivity contribution in [3.63, 3.8) is 0 Å². The largest absolute Gasteiger partial charge is 0.486 e. The zero-order valence-electron chi connectivity index (χ0n) is 4.72. The van der Waals surface area contributed by atoms with E-state index in [4.69, 9.17) is 10.5 Å². The summed E-state index contributed by atoms with van der Waals surface area (Å²) in [6, 6.07) is 0. The van der Waals surface area contributed by atoms with Gasteiger partial charge in [0.25, 0.3) is 0 Å². The van der Waals surface area contributed by atoms with Crippen LogP contribution in [0.1, 0.15) is 6.92 Å². The van der Waals surface area contributed by atoms with Crippen molar-refractivity contribution in [2.24, 2.45) is 5.73 Å². The molecule has 0 aromatic heterocycles. The van der Waals surface area contributed by atoms with Gasteiger partial charge in [0, 0.05) is 13.5 Å². The summed E-state index contributed by atoms with van der Waals surface area (Å²) in [6.45, 7) is 2.80. The lowest BCUT2D eigenvalue weighted by Gasteiger charge is -1.97. The molecule has 0 aliphatic heterocycles. The van der Waals surface area contributed by atoms with Gasteiger partial charge < -0.3 is 10.5 Å². The van der Waals surface area contributed by atoms with E-state index in [0.717, 1.165) is 0 Å². The second-order valence-corrected chi connectivity index (χ2v) is 1.70. The summed E-state index contributed by atoms with van der Waals surface area (Å²) >= 11 is 4.58. The van der Waals surface area contributed by atoms with Gasteiger partial charge in [0.15, 0.2) is 5.05 Å². The number of thiocarbonyl (C=S) groups is 1. The van der Waals surface area contributed by atoms with Crippen molar-refractivity contribution in [2.45, 2.75) is 6.92 Å². The molecular weight excluding hydrogens is 146 g/mol. The lowest BCUT2D eigenvalue weighted by atomic mass is 10.7. The first-order valence-electron chi connectivity index (χ1n) is 2.11. The number of halogens is 1. The molecule has 50 valence electrons. The predicted molar refractivity (Wildman–Crippen MR) is 40.5 cm³/mol. The Morgan fingerprint density at radius 3 is 2.38 bits per heavy atom. The third-order valence-corrected chi connectivity index (χ3v) is 0.541. The van der Waals surface area contributed by atoms with E-state index >= 15 is 0 Å². The SMILES string of the molecule is CC(=S)OCCN.Cl. The molecule has 0 aliphatic rings. The van der Waals surface area contributed by atoms with Crippen molar-refractivity contribution >= 4 is 29.7 Å². The first-order valence-corrected chi connectivity index (χ1v) is 2.51. The average molecular weight is 156 g/mol. The molecule has 0 aromatic carbocycles. The number of rotatable bonds is 2. The van der Waals surface area contributed by atoms with Gasteiger partial charge in [-0.15, -0.1) is 12.4 Å². The molecule has 0 heterocycles. The van der Waals surface area contributed by atoms with Crippen LogP contribution in [0.2, 0.25) is 0 Å². The summed E-state index contributed by atoms with van der Waals surface area (Å²) in [5, 5.41) is 0.561. The molecule has 2 nitrogen and oxygen atoms in total. The van der Waals surface area contributed by atoms with E-state index in [-0.39, 0.29) is 12.4 Å². The van der Waals surface area contributed by atoms with Gasteiger partial charge in [-0.1, -0.05) is 0 Å². The minimum atomic E-state index is 0. The summed E-state index contributed by atoms with van der Waals surface area (Å²) in [6.07, 6.45) is 0. The number of hydrogen-bond acceptors (Lipinski definition) is 3. The molecule has 0 aliphatic carbocycles. The predicted octanol–water partition coefficient (Wildman–Crippen LogP) is 0.731. The van der Waals surface area contributed by atoms with Gasteiger partial charge in [-0.25, -0.2) is 0 Å². The van der Waals surface area contributed by atoms with Gasteiger partial charge in [-0.05, 0) is 12.2 Å². The minimum Gasteiger partial charge on any atom is -0.486 e. The van der Waals surface area contributed by atoms with Crippen LogP contribution in [0.4, 0.5) is 0 Å². The molecule has 0 bridgehead atoms. The molecule has 4 heteroatoms. The van der Waals surface area contributed by atoms with Gasteiger partial charge in [-0.2, -0.15) is 0 Å². The molecule has 0 rings (SSSR count). The quantitative estimate of drug-likeness (QED) is 0.598. The smallest absolute Gasteiger partial charge is 0.156 e. The third kappa shape index (κ3) is 9.46. The summed E-state index contributed by atoms with van der Waals surface area (Å²) in [5.41, 5.74) is 5.09. The van der Waals surface area contributed by atoms with Crippen molar-refractivity contribution < 1.29 is 4.74 Å². The lowest BCUT2D eigenvalue weighted by molar-refractivity contribution is 0.322. The molecule has 0 unspecified atom stereocenters. The Bertz CT molecular complexity index is 69.1. The molecule has 0 fully saturated rings. The molecule has 0 atom stereocenters. The Morgan fingerprint density at radius 2 is 2.25 bits per heavy atom. The van der Waals surface area contributed by atoms with E-state index in [0.29, 0.717) is 18.2 Å². The average Bonchev–Trinajstić information content (AvgIpc) is 1.61. The zero-order valence-corrected chi connectivity index (χ0v) is 6.35. The van der Waals surface area contributed by atoms with Crippen molar-refractivity contribution in [3.8, 4) is 0 Å². The Labute approximate surface area is 60.8 Å². The first-order chi connectivity index (χ1) is 3.27. The highest BCUT2D eigenvalue weighted by Gasteiger charge is 1.81. The summed E-state index contributed by atoms with van der Waals surface area (Å²) in [7, 11) is 0. The van der Waals surface area contributed by atoms with Crippen molar-refractivity contribution in [3.05, 3.63) is 0 Å². The highest BCUT2D eigenvalue weighted by atomic mass is 35.5. The molecule has 0 saturated heterocycles. The number of nitrogens with two attached hydrogens (primary N) is 1. The topological polar surface area (TPSA) is 35.2 Å². The van der Waals surface area contributed by atoms with Gasteiger partial charge in [0.2, 0.25) is 0 Å². The fourth-order valence-corrected chi connectivity index (χ4v) is 0.286. The first kappa shape index (κ1) is 11.0. The Balaban J connectivity index is 0. The normalized spacial score (nSPS) is 7.25. The maximum Gasteiger partial charge on any atom is 0.156 e. The van der Waals surface area contributed by atoms with Crippen LogP contribution in [0.25, 0.3) is 0 Å². The summed E-state index contributed by atoms with van der Waals surface area (Å²) < 4.78 is 4.80. The van der Waals surface area contributed by atoms with Crippen LogP contribution in [-0.2, 0) is 4.74 Å². The number of hydrogen-bond donors (Lipinski definition) is 1. The van der Waals surface area contributed by atoms with E-state index in [1.54, 1.807) is 6.92 Å². The second kappa shape index (κ2) is 7.14. The number of ether oxygens (including phenoxy) is 1. The van der Waals surface area contributed by atoms with Crippen molar-refractivity contribution in [2.75, 3.05) is 13.2 Å². The maximum atomic E-state index is 5.09. The maximum absolute atomic E-state index is 5.09. The molecular formula is C4H10ClNOS. The molecule has 0 saturated carbocycles. The van der Waals surface area contributed by atoms with Crippen LogP contribution in [0.5, 0.6) is 0 Å². The van der Waals surface area contributed by atoms with E-state index < -0.39 is 0 Å². The summed E-state index contributed by atoms with van der Waals surface area (Å²) in [4.78, 5) is 0. The molecule has 8 heavy (non-hydrogen) atoms. The fourth-order valence-electron chi connectivity index (χ4n) is 0.203. The van der Waals surface area contributed by atoms with Gasteiger partial charge in [-0.3, -0.25) is 0 Å². The van der Waals surface area contributed by atoms with Crippen LogP contribution < -0.4 is 5.73 Å². The molecule has 0 radical (unpaired) electrons. The fraction of sp³-hybridized carbons (Fsp3) is 0.750. The van der Waals surface area contributed by atoms with Crippen LogP contribution in [0, 0.1) is 0 Å². The van der Waals surface area contributed by atoms with Crippen molar-refractivity contribution in [1.29, 1.82) is 0 Å². The lowest BCUT2D eigenvalue weighted by Crippen LogP contribution is -2.09. The molecule has 0 aromatic rings. The second-order valence-electron chi connectivity index (χ2n) is 1.13. The van der Waals surface area contributed by atoms with Crippen molar-refractivity contribution in [1.82, 2.24) is 0 Å². The highest BCUT2D eigenvalue weighted by Crippen LogP contribution is 1.75. The minimum absolute atomic E-state index is 0. The van der Waals surface area contributed by atoms with Crippen LogP contribution >= 0.6 is 24.6 Å². The van der Waals surface area contributed by atoms with E-state index in [1.807, 2.05) is 0 Å². The van der Waals surface area contributed by atoms with Gasteiger partial charge in [0.05, 0.1) is 0 Å². The standard InChI is InChI=1S/C4H9NOS.ClH/c1-4(7)6-3-2-5;/h2-3,5H2,1H3;1H. The van der Waals surface area contributed by atoms with Gasteiger partial charge in [0.1, 0.15) is 6.61 Å². The Morgan fingerprint density at radius 1 is 1.75 bits per heavy atom.